The first-order valence-electron chi connectivity index (χ1n) is 8.52. The maximum absolute atomic E-state index is 13.3. The number of amides is 1. The van der Waals surface area contributed by atoms with Crippen LogP contribution < -0.4 is 4.31 Å². The van der Waals surface area contributed by atoms with Crippen molar-refractivity contribution in [1.29, 1.82) is 0 Å². The van der Waals surface area contributed by atoms with Crippen LogP contribution in [0.3, 0.4) is 0 Å². The molecule has 0 aliphatic carbocycles. The minimum Gasteiger partial charge on any atom is -0.345 e. The van der Waals surface area contributed by atoms with Gasteiger partial charge in [-0.15, -0.1) is 0 Å². The number of carbonyl (C=O) groups is 1. The lowest BCUT2D eigenvalue weighted by molar-refractivity contribution is 0.0827. The van der Waals surface area contributed by atoms with Crippen LogP contribution in [-0.4, -0.2) is 39.9 Å². The zero-order chi connectivity index (χ0) is 20.4. The van der Waals surface area contributed by atoms with Gasteiger partial charge in [0.2, 0.25) is 0 Å². The van der Waals surface area contributed by atoms with E-state index in [1.165, 1.54) is 57.7 Å². The van der Waals surface area contributed by atoms with Crippen molar-refractivity contribution < 1.29 is 17.6 Å². The average molecular weight is 392 g/mol. The van der Waals surface area contributed by atoms with Crippen LogP contribution in [0.2, 0.25) is 0 Å². The molecule has 2 aromatic rings. The highest BCUT2D eigenvalue weighted by Gasteiger charge is 2.29. The molecule has 0 fully saturated rings. The zero-order valence-corrected chi connectivity index (χ0v) is 17.0. The fraction of sp³-hybridized carbons (Fsp3) is 0.350. The van der Waals surface area contributed by atoms with E-state index < -0.39 is 15.8 Å². The maximum atomic E-state index is 13.3. The molecule has 0 radical (unpaired) electrons. The number of rotatable bonds is 5. The summed E-state index contributed by atoms with van der Waals surface area (Å²) in [5.74, 6) is -0.637. The van der Waals surface area contributed by atoms with E-state index in [1.54, 1.807) is 14.1 Å². The molecule has 0 unspecified atom stereocenters. The second kappa shape index (κ2) is 7.68. The van der Waals surface area contributed by atoms with E-state index >= 15 is 0 Å². The van der Waals surface area contributed by atoms with E-state index in [9.17, 15) is 17.6 Å². The van der Waals surface area contributed by atoms with E-state index in [-0.39, 0.29) is 22.8 Å². The van der Waals surface area contributed by atoms with Crippen molar-refractivity contribution in [2.45, 2.75) is 25.7 Å². The molecule has 1 amide bonds. The number of hydrogen-bond donors (Lipinski definition) is 0. The standard InChI is InChI=1S/C20H25FN2O3S/c1-20(2,3)14-23(17-10-8-16(21)9-11-17)27(25,26)18-12-6-15(7-13-18)19(24)22(4)5/h6-13H,14H2,1-5H3. The van der Waals surface area contributed by atoms with Gasteiger partial charge < -0.3 is 4.90 Å². The normalized spacial score (nSPS) is 11.9. The largest absolute Gasteiger partial charge is 0.345 e. The van der Waals surface area contributed by atoms with Crippen LogP contribution in [-0.2, 0) is 10.0 Å². The van der Waals surface area contributed by atoms with Crippen molar-refractivity contribution in [2.24, 2.45) is 5.41 Å². The smallest absolute Gasteiger partial charge is 0.264 e. The van der Waals surface area contributed by atoms with Crippen LogP contribution in [0.15, 0.2) is 53.4 Å². The molecular weight excluding hydrogens is 367 g/mol. The lowest BCUT2D eigenvalue weighted by atomic mass is 9.97. The predicted molar refractivity (Wildman–Crippen MR) is 105 cm³/mol. The van der Waals surface area contributed by atoms with Crippen molar-refractivity contribution in [1.82, 2.24) is 4.90 Å². The van der Waals surface area contributed by atoms with Crippen molar-refractivity contribution in [3.8, 4) is 0 Å². The van der Waals surface area contributed by atoms with Crippen LogP contribution in [0.5, 0.6) is 0 Å². The molecule has 0 bridgehead atoms. The third-order valence-corrected chi connectivity index (χ3v) is 5.62. The van der Waals surface area contributed by atoms with Gasteiger partial charge in [-0.1, -0.05) is 20.8 Å². The van der Waals surface area contributed by atoms with Crippen LogP contribution in [0.25, 0.3) is 0 Å². The maximum Gasteiger partial charge on any atom is 0.264 e. The number of carbonyl (C=O) groups excluding carboxylic acids is 1. The van der Waals surface area contributed by atoms with Gasteiger partial charge in [-0.25, -0.2) is 12.8 Å². The summed E-state index contributed by atoms with van der Waals surface area (Å²) in [4.78, 5) is 13.5. The van der Waals surface area contributed by atoms with Gasteiger partial charge in [0, 0.05) is 26.2 Å². The van der Waals surface area contributed by atoms with E-state index in [4.69, 9.17) is 0 Å². The van der Waals surface area contributed by atoms with Crippen molar-refractivity contribution >= 4 is 21.6 Å². The van der Waals surface area contributed by atoms with Gasteiger partial charge >= 0.3 is 0 Å². The van der Waals surface area contributed by atoms with Crippen molar-refractivity contribution in [2.75, 3.05) is 24.9 Å². The minimum atomic E-state index is -3.88. The lowest BCUT2D eigenvalue weighted by Gasteiger charge is -2.31. The Hall–Kier alpha value is -2.41. The SMILES string of the molecule is CN(C)C(=O)c1ccc(S(=O)(=O)N(CC(C)(C)C)c2ccc(F)cc2)cc1. The second-order valence-electron chi connectivity index (χ2n) is 7.77. The Morgan fingerprint density at radius 1 is 0.963 bits per heavy atom. The van der Waals surface area contributed by atoms with E-state index in [1.807, 2.05) is 20.8 Å². The molecule has 0 N–H and O–H groups in total. The van der Waals surface area contributed by atoms with Gasteiger partial charge in [0.25, 0.3) is 15.9 Å². The summed E-state index contributed by atoms with van der Waals surface area (Å²) in [5, 5.41) is 0. The number of benzene rings is 2. The topological polar surface area (TPSA) is 57.7 Å². The molecule has 0 atom stereocenters. The van der Waals surface area contributed by atoms with E-state index in [0.717, 1.165) is 0 Å². The highest BCUT2D eigenvalue weighted by atomic mass is 32.2. The third kappa shape index (κ3) is 5.07. The number of anilines is 1. The molecule has 0 aliphatic rings. The molecule has 27 heavy (non-hydrogen) atoms. The number of hydrogen-bond acceptors (Lipinski definition) is 3. The Morgan fingerprint density at radius 3 is 1.93 bits per heavy atom. The molecular formula is C20H25FN2O3S. The lowest BCUT2D eigenvalue weighted by Crippen LogP contribution is -2.38. The quantitative estimate of drug-likeness (QED) is 0.778. The molecule has 146 valence electrons. The summed E-state index contributed by atoms with van der Waals surface area (Å²) in [6.45, 7) is 6.01. The molecule has 7 heteroatoms. The summed E-state index contributed by atoms with van der Waals surface area (Å²) in [6.07, 6.45) is 0. The Balaban J connectivity index is 2.47. The molecule has 0 spiro atoms. The Morgan fingerprint density at radius 2 is 1.48 bits per heavy atom. The molecule has 0 aliphatic heterocycles. The second-order valence-corrected chi connectivity index (χ2v) is 9.64. The first-order valence-corrected chi connectivity index (χ1v) is 9.96. The fourth-order valence-electron chi connectivity index (χ4n) is 2.51. The van der Waals surface area contributed by atoms with E-state index in [2.05, 4.69) is 0 Å². The Labute approximate surface area is 160 Å². The Kier molecular flexibility index (Phi) is 5.94. The highest BCUT2D eigenvalue weighted by molar-refractivity contribution is 7.92. The highest BCUT2D eigenvalue weighted by Crippen LogP contribution is 2.28. The number of nitrogens with zero attached hydrogens (tertiary/aromatic N) is 2. The minimum absolute atomic E-state index is 0.0754. The molecule has 2 rings (SSSR count). The summed E-state index contributed by atoms with van der Waals surface area (Å²) in [5.41, 5.74) is 0.477. The summed E-state index contributed by atoms with van der Waals surface area (Å²) in [7, 11) is -0.614. The molecule has 0 heterocycles. The summed E-state index contributed by atoms with van der Waals surface area (Å²) < 4.78 is 41.1. The fourth-order valence-corrected chi connectivity index (χ4v) is 4.20. The monoisotopic (exact) mass is 392 g/mol. The number of sulfonamides is 1. The molecule has 0 saturated carbocycles. The molecule has 5 nitrogen and oxygen atoms in total. The van der Waals surface area contributed by atoms with E-state index in [0.29, 0.717) is 11.3 Å². The average Bonchev–Trinajstić information content (AvgIpc) is 2.59. The van der Waals surface area contributed by atoms with Crippen LogP contribution >= 0.6 is 0 Å². The predicted octanol–water partition coefficient (Wildman–Crippen LogP) is 3.77. The van der Waals surface area contributed by atoms with Gasteiger partial charge in [0.05, 0.1) is 10.6 Å². The third-order valence-electron chi connectivity index (χ3n) is 3.83. The summed E-state index contributed by atoms with van der Waals surface area (Å²) >= 11 is 0. The number of halogens is 1. The van der Waals surface area contributed by atoms with Crippen molar-refractivity contribution in [3.63, 3.8) is 0 Å². The van der Waals surface area contributed by atoms with Crippen LogP contribution in [0.1, 0.15) is 31.1 Å². The Bertz CT molecular complexity index is 900. The van der Waals surface area contributed by atoms with Gasteiger partial charge in [-0.3, -0.25) is 9.10 Å². The first-order chi connectivity index (χ1) is 12.4. The van der Waals surface area contributed by atoms with Gasteiger partial charge in [0.1, 0.15) is 5.82 Å². The van der Waals surface area contributed by atoms with Crippen LogP contribution in [0, 0.1) is 11.2 Å². The zero-order valence-electron chi connectivity index (χ0n) is 16.2. The van der Waals surface area contributed by atoms with Gasteiger partial charge in [-0.05, 0) is 53.9 Å². The first kappa shape index (κ1) is 20.9. The molecule has 0 saturated heterocycles. The van der Waals surface area contributed by atoms with Gasteiger partial charge in [-0.2, -0.15) is 0 Å². The molecule has 2 aromatic carbocycles. The summed E-state index contributed by atoms with van der Waals surface area (Å²) in [6, 6.07) is 11.2. The van der Waals surface area contributed by atoms with Gasteiger partial charge in [0.15, 0.2) is 0 Å². The molecule has 0 aromatic heterocycles. The van der Waals surface area contributed by atoms with Crippen molar-refractivity contribution in [3.05, 3.63) is 59.9 Å². The van der Waals surface area contributed by atoms with Crippen LogP contribution in [0.4, 0.5) is 10.1 Å².